The van der Waals surface area contributed by atoms with Gasteiger partial charge in [0, 0.05) is 9.92 Å². The van der Waals surface area contributed by atoms with Crippen molar-refractivity contribution >= 4 is 29.1 Å². The summed E-state index contributed by atoms with van der Waals surface area (Å²) in [6.07, 6.45) is 0. The van der Waals surface area contributed by atoms with Crippen molar-refractivity contribution in [3.8, 4) is 0 Å². The lowest BCUT2D eigenvalue weighted by atomic mass is 9.92. The zero-order valence-electron chi connectivity index (χ0n) is 12.2. The Hall–Kier alpha value is -1.33. The Bertz CT molecular complexity index is 628. The smallest absolute Gasteiger partial charge is 0.237 e. The maximum atomic E-state index is 11.7. The van der Waals surface area contributed by atoms with E-state index in [4.69, 9.17) is 16.1 Å². The molecule has 0 saturated heterocycles. The number of halogens is 1. The molecule has 0 bridgehead atoms. The van der Waals surface area contributed by atoms with Gasteiger partial charge in [0.2, 0.25) is 5.89 Å². The van der Waals surface area contributed by atoms with Crippen molar-refractivity contribution in [3.05, 3.63) is 41.0 Å². The van der Waals surface area contributed by atoms with Crippen LogP contribution in [0.3, 0.4) is 0 Å². The molecular weight excluding hydrogens is 308 g/mol. The summed E-state index contributed by atoms with van der Waals surface area (Å²) >= 11 is 7.52. The van der Waals surface area contributed by atoms with Gasteiger partial charge in [-0.05, 0) is 31.0 Å². The second-order valence-corrected chi connectivity index (χ2v) is 6.61. The molecule has 0 fully saturated rings. The standard InChI is InChI=1S/C15H17ClN2O2S/c1-9(2)14(10(3)19)15-17-13(18-20-15)8-21-12-6-4-5-11(16)7-12/h4-7,9,14H,8H2,1-3H3. The number of nitrogens with zero attached hydrogens (tertiary/aromatic N) is 2. The molecule has 21 heavy (non-hydrogen) atoms. The van der Waals surface area contributed by atoms with Crippen molar-refractivity contribution in [2.75, 3.05) is 0 Å². The van der Waals surface area contributed by atoms with Gasteiger partial charge in [-0.1, -0.05) is 36.7 Å². The van der Waals surface area contributed by atoms with E-state index >= 15 is 0 Å². The van der Waals surface area contributed by atoms with Gasteiger partial charge in [0.15, 0.2) is 5.82 Å². The van der Waals surface area contributed by atoms with E-state index in [9.17, 15) is 4.79 Å². The lowest BCUT2D eigenvalue weighted by molar-refractivity contribution is -0.119. The van der Waals surface area contributed by atoms with Gasteiger partial charge < -0.3 is 4.52 Å². The third-order valence-electron chi connectivity index (χ3n) is 3.02. The van der Waals surface area contributed by atoms with Crippen LogP contribution in [-0.4, -0.2) is 15.9 Å². The summed E-state index contributed by atoms with van der Waals surface area (Å²) in [7, 11) is 0. The Balaban J connectivity index is 2.04. The molecule has 1 unspecified atom stereocenters. The van der Waals surface area contributed by atoms with E-state index in [0.29, 0.717) is 22.5 Å². The van der Waals surface area contributed by atoms with Crippen LogP contribution in [0.4, 0.5) is 0 Å². The molecule has 0 saturated carbocycles. The molecule has 0 N–H and O–H groups in total. The number of hydrogen-bond acceptors (Lipinski definition) is 5. The fourth-order valence-electron chi connectivity index (χ4n) is 2.09. The van der Waals surface area contributed by atoms with Gasteiger partial charge in [-0.15, -0.1) is 11.8 Å². The molecule has 112 valence electrons. The first-order valence-corrected chi connectivity index (χ1v) is 8.05. The van der Waals surface area contributed by atoms with Gasteiger partial charge >= 0.3 is 0 Å². The average molecular weight is 325 g/mol. The molecule has 0 amide bonds. The Kier molecular flexibility index (Phi) is 5.42. The zero-order chi connectivity index (χ0) is 15.4. The summed E-state index contributed by atoms with van der Waals surface area (Å²) in [5.41, 5.74) is 0. The summed E-state index contributed by atoms with van der Waals surface area (Å²) in [4.78, 5) is 17.0. The summed E-state index contributed by atoms with van der Waals surface area (Å²) in [5, 5.41) is 4.65. The van der Waals surface area contributed by atoms with Gasteiger partial charge in [0.1, 0.15) is 5.78 Å². The van der Waals surface area contributed by atoms with Gasteiger partial charge in [-0.3, -0.25) is 4.79 Å². The molecule has 1 aromatic carbocycles. The summed E-state index contributed by atoms with van der Waals surface area (Å²) in [6.45, 7) is 5.49. The van der Waals surface area contributed by atoms with Crippen LogP contribution in [0.2, 0.25) is 5.02 Å². The SMILES string of the molecule is CC(=O)C(c1nc(CSc2cccc(Cl)c2)no1)C(C)C. The van der Waals surface area contributed by atoms with Crippen molar-refractivity contribution in [1.82, 2.24) is 10.1 Å². The van der Waals surface area contributed by atoms with E-state index < -0.39 is 0 Å². The minimum atomic E-state index is -0.331. The molecule has 0 aliphatic heterocycles. The number of aromatic nitrogens is 2. The van der Waals surface area contributed by atoms with Crippen LogP contribution >= 0.6 is 23.4 Å². The molecule has 0 aliphatic carbocycles. The van der Waals surface area contributed by atoms with Gasteiger partial charge in [0.25, 0.3) is 0 Å². The predicted octanol–water partition coefficient (Wildman–Crippen LogP) is 4.34. The van der Waals surface area contributed by atoms with Crippen LogP contribution < -0.4 is 0 Å². The van der Waals surface area contributed by atoms with E-state index in [0.717, 1.165) is 4.90 Å². The number of Topliss-reactive ketones (excluding diaryl/α,β-unsaturated/α-hetero) is 1. The van der Waals surface area contributed by atoms with Crippen LogP contribution in [0.5, 0.6) is 0 Å². The zero-order valence-corrected chi connectivity index (χ0v) is 13.7. The third-order valence-corrected chi connectivity index (χ3v) is 4.24. The first-order valence-electron chi connectivity index (χ1n) is 6.68. The van der Waals surface area contributed by atoms with Crippen LogP contribution in [0.25, 0.3) is 0 Å². The number of benzene rings is 1. The number of thioether (sulfide) groups is 1. The van der Waals surface area contributed by atoms with Crippen molar-refractivity contribution in [2.24, 2.45) is 5.92 Å². The molecule has 4 nitrogen and oxygen atoms in total. The molecule has 1 atom stereocenters. The number of rotatable bonds is 6. The fraction of sp³-hybridized carbons (Fsp3) is 0.400. The van der Waals surface area contributed by atoms with Crippen LogP contribution in [0, 0.1) is 5.92 Å². The lowest BCUT2D eigenvalue weighted by Crippen LogP contribution is -2.15. The Morgan fingerprint density at radius 1 is 1.43 bits per heavy atom. The van der Waals surface area contributed by atoms with E-state index in [-0.39, 0.29) is 17.6 Å². The molecule has 1 heterocycles. The topological polar surface area (TPSA) is 56.0 Å². The van der Waals surface area contributed by atoms with E-state index in [2.05, 4.69) is 10.1 Å². The first-order chi connectivity index (χ1) is 9.97. The van der Waals surface area contributed by atoms with Crippen LogP contribution in [0.1, 0.15) is 38.4 Å². The minimum absolute atomic E-state index is 0.0442. The molecular formula is C15H17ClN2O2S. The first kappa shape index (κ1) is 16.0. The van der Waals surface area contributed by atoms with E-state index in [1.54, 1.807) is 18.7 Å². The van der Waals surface area contributed by atoms with Crippen LogP contribution in [0.15, 0.2) is 33.7 Å². The normalized spacial score (nSPS) is 12.6. The summed E-state index contributed by atoms with van der Waals surface area (Å²) in [6, 6.07) is 7.60. The highest BCUT2D eigenvalue weighted by atomic mass is 35.5. The highest BCUT2D eigenvalue weighted by Crippen LogP contribution is 2.27. The van der Waals surface area contributed by atoms with Crippen molar-refractivity contribution < 1.29 is 9.32 Å². The molecule has 2 aromatic rings. The number of hydrogen-bond donors (Lipinski definition) is 0. The Labute approximate surface area is 133 Å². The van der Waals surface area contributed by atoms with Crippen molar-refractivity contribution in [2.45, 2.75) is 37.3 Å². The van der Waals surface area contributed by atoms with Gasteiger partial charge in [0.05, 0.1) is 11.7 Å². The quantitative estimate of drug-likeness (QED) is 0.740. The number of carbonyl (C=O) groups excluding carboxylic acids is 1. The van der Waals surface area contributed by atoms with Crippen LogP contribution in [-0.2, 0) is 10.5 Å². The van der Waals surface area contributed by atoms with Crippen molar-refractivity contribution in [3.63, 3.8) is 0 Å². The monoisotopic (exact) mass is 324 g/mol. The molecule has 0 aliphatic rings. The number of carbonyl (C=O) groups is 1. The molecule has 1 aromatic heterocycles. The molecule has 0 radical (unpaired) electrons. The van der Waals surface area contributed by atoms with E-state index in [1.807, 2.05) is 38.1 Å². The maximum absolute atomic E-state index is 11.7. The largest absolute Gasteiger partial charge is 0.339 e. The highest BCUT2D eigenvalue weighted by Gasteiger charge is 2.26. The molecule has 2 rings (SSSR count). The Morgan fingerprint density at radius 3 is 2.81 bits per heavy atom. The third kappa shape index (κ3) is 4.32. The summed E-state index contributed by atoms with van der Waals surface area (Å²) in [5.74, 6) is 1.41. The highest BCUT2D eigenvalue weighted by molar-refractivity contribution is 7.98. The number of ketones is 1. The average Bonchev–Trinajstić information content (AvgIpc) is 2.84. The fourth-order valence-corrected chi connectivity index (χ4v) is 3.14. The maximum Gasteiger partial charge on any atom is 0.237 e. The second kappa shape index (κ2) is 7.09. The van der Waals surface area contributed by atoms with Crippen molar-refractivity contribution in [1.29, 1.82) is 0 Å². The van der Waals surface area contributed by atoms with Gasteiger partial charge in [-0.25, -0.2) is 0 Å². The lowest BCUT2D eigenvalue weighted by Gasteiger charge is -2.12. The molecule has 6 heteroatoms. The Morgan fingerprint density at radius 2 is 2.19 bits per heavy atom. The second-order valence-electron chi connectivity index (χ2n) is 5.13. The van der Waals surface area contributed by atoms with E-state index in [1.165, 1.54) is 0 Å². The predicted molar refractivity (Wildman–Crippen MR) is 83.6 cm³/mol. The molecule has 0 spiro atoms. The minimum Gasteiger partial charge on any atom is -0.339 e. The summed E-state index contributed by atoms with van der Waals surface area (Å²) < 4.78 is 5.24. The van der Waals surface area contributed by atoms with Gasteiger partial charge in [-0.2, -0.15) is 4.98 Å².